The lowest BCUT2D eigenvalue weighted by molar-refractivity contribution is 0.870. The highest BCUT2D eigenvalue weighted by Crippen LogP contribution is 2.09. The van der Waals surface area contributed by atoms with Crippen molar-refractivity contribution in [3.8, 4) is 0 Å². The standard InChI is InChI=1S/C9H13N2/c1-11(8-7-10)9-5-3-2-4-6-9/h2-6,10H,7-8H2,1H3. The zero-order valence-electron chi connectivity index (χ0n) is 6.75. The number of nitrogens with zero attached hydrogens (tertiary/aromatic N) is 1. The Bertz CT molecular complexity index is 196. The molecule has 1 N–H and O–H groups in total. The van der Waals surface area contributed by atoms with Crippen LogP contribution in [0.25, 0.3) is 0 Å². The summed E-state index contributed by atoms with van der Waals surface area (Å²) >= 11 is 0. The summed E-state index contributed by atoms with van der Waals surface area (Å²) in [6, 6.07) is 10.1. The van der Waals surface area contributed by atoms with E-state index >= 15 is 0 Å². The molecule has 0 saturated heterocycles. The average Bonchev–Trinajstić information content (AvgIpc) is 2.07. The summed E-state index contributed by atoms with van der Waals surface area (Å²) in [5.74, 6) is 0. The lowest BCUT2D eigenvalue weighted by Gasteiger charge is -2.17. The summed E-state index contributed by atoms with van der Waals surface area (Å²) in [5.41, 5.74) is 8.22. The van der Waals surface area contributed by atoms with E-state index in [1.807, 2.05) is 25.2 Å². The highest BCUT2D eigenvalue weighted by molar-refractivity contribution is 5.44. The van der Waals surface area contributed by atoms with Crippen LogP contribution in [0.4, 0.5) is 5.69 Å². The summed E-state index contributed by atoms with van der Waals surface area (Å²) in [5, 5.41) is 0. The number of para-hydroxylation sites is 1. The molecule has 0 unspecified atom stereocenters. The van der Waals surface area contributed by atoms with Crippen molar-refractivity contribution >= 4 is 5.69 Å². The van der Waals surface area contributed by atoms with Crippen LogP contribution in [0.15, 0.2) is 30.3 Å². The summed E-state index contributed by atoms with van der Waals surface area (Å²) in [6.07, 6.45) is 0. The second kappa shape index (κ2) is 3.98. The minimum Gasteiger partial charge on any atom is -0.373 e. The van der Waals surface area contributed by atoms with Crippen molar-refractivity contribution in [2.45, 2.75) is 0 Å². The van der Waals surface area contributed by atoms with Crippen LogP contribution in [0.1, 0.15) is 0 Å². The first kappa shape index (κ1) is 8.08. The quantitative estimate of drug-likeness (QED) is 0.638. The predicted octanol–water partition coefficient (Wildman–Crippen LogP) is 1.41. The van der Waals surface area contributed by atoms with Crippen LogP contribution in [0.3, 0.4) is 0 Å². The number of rotatable bonds is 3. The van der Waals surface area contributed by atoms with Gasteiger partial charge >= 0.3 is 0 Å². The largest absolute Gasteiger partial charge is 0.373 e. The molecule has 0 saturated carbocycles. The van der Waals surface area contributed by atoms with Crippen molar-refractivity contribution in [3.63, 3.8) is 0 Å². The van der Waals surface area contributed by atoms with E-state index < -0.39 is 0 Å². The van der Waals surface area contributed by atoms with Crippen LogP contribution >= 0.6 is 0 Å². The van der Waals surface area contributed by atoms with E-state index in [1.54, 1.807) is 0 Å². The maximum absolute atomic E-state index is 7.04. The molecule has 1 aromatic rings. The molecular formula is C9H13N2. The average molecular weight is 149 g/mol. The van der Waals surface area contributed by atoms with Crippen molar-refractivity contribution in [2.75, 3.05) is 25.0 Å². The van der Waals surface area contributed by atoms with Gasteiger partial charge in [-0.3, -0.25) is 5.73 Å². The van der Waals surface area contributed by atoms with Gasteiger partial charge in [-0.05, 0) is 12.1 Å². The van der Waals surface area contributed by atoms with Crippen molar-refractivity contribution < 1.29 is 0 Å². The predicted molar refractivity (Wildman–Crippen MR) is 47.7 cm³/mol. The van der Waals surface area contributed by atoms with Crippen LogP contribution in [0.5, 0.6) is 0 Å². The summed E-state index contributed by atoms with van der Waals surface area (Å²) in [6.45, 7) is 1.25. The molecule has 0 atom stereocenters. The lowest BCUT2D eigenvalue weighted by Crippen LogP contribution is -2.21. The Labute approximate surface area is 67.6 Å². The van der Waals surface area contributed by atoms with Gasteiger partial charge in [0.2, 0.25) is 0 Å². The van der Waals surface area contributed by atoms with E-state index in [1.165, 1.54) is 5.69 Å². The van der Waals surface area contributed by atoms with Gasteiger partial charge in [-0.15, -0.1) is 0 Å². The van der Waals surface area contributed by atoms with Gasteiger partial charge in [-0.25, -0.2) is 0 Å². The number of benzene rings is 1. The van der Waals surface area contributed by atoms with E-state index in [0.29, 0.717) is 6.54 Å². The number of likely N-dealkylation sites (N-methyl/N-ethyl adjacent to an activating group) is 1. The molecule has 0 spiro atoms. The molecule has 1 aromatic carbocycles. The minimum atomic E-state index is 0.450. The fraction of sp³-hybridized carbons (Fsp3) is 0.333. The van der Waals surface area contributed by atoms with Gasteiger partial charge in [0, 0.05) is 25.8 Å². The molecule has 11 heavy (non-hydrogen) atoms. The number of anilines is 1. The lowest BCUT2D eigenvalue weighted by atomic mass is 10.3. The van der Waals surface area contributed by atoms with E-state index in [2.05, 4.69) is 17.0 Å². The van der Waals surface area contributed by atoms with Gasteiger partial charge in [-0.1, -0.05) is 18.2 Å². The number of nitrogens with one attached hydrogen (secondary N) is 1. The van der Waals surface area contributed by atoms with E-state index in [9.17, 15) is 0 Å². The van der Waals surface area contributed by atoms with Gasteiger partial charge in [0.05, 0.1) is 0 Å². The highest BCUT2D eigenvalue weighted by atomic mass is 15.1. The molecule has 0 aromatic heterocycles. The van der Waals surface area contributed by atoms with Crippen molar-refractivity contribution in [1.29, 1.82) is 0 Å². The molecule has 2 heteroatoms. The fourth-order valence-electron chi connectivity index (χ4n) is 0.979. The van der Waals surface area contributed by atoms with E-state index in [-0.39, 0.29) is 0 Å². The van der Waals surface area contributed by atoms with Crippen LogP contribution in [-0.2, 0) is 0 Å². The van der Waals surface area contributed by atoms with Gasteiger partial charge in [0.15, 0.2) is 0 Å². The third-order valence-corrected chi connectivity index (χ3v) is 1.64. The van der Waals surface area contributed by atoms with Crippen LogP contribution in [0.2, 0.25) is 0 Å². The summed E-state index contributed by atoms with van der Waals surface area (Å²) in [7, 11) is 2.00. The number of hydrogen-bond donors (Lipinski definition) is 0. The smallest absolute Gasteiger partial charge is 0.0364 e. The van der Waals surface area contributed by atoms with Crippen molar-refractivity contribution in [3.05, 3.63) is 30.3 Å². The normalized spacial score (nSPS) is 9.64. The molecule has 1 radical (unpaired) electrons. The van der Waals surface area contributed by atoms with Crippen LogP contribution in [0, 0.1) is 0 Å². The van der Waals surface area contributed by atoms with Gasteiger partial charge in [0.25, 0.3) is 0 Å². The molecule has 1 rings (SSSR count). The summed E-state index contributed by atoms with van der Waals surface area (Å²) < 4.78 is 0. The zero-order valence-corrected chi connectivity index (χ0v) is 6.75. The molecule has 0 heterocycles. The zero-order chi connectivity index (χ0) is 8.10. The Balaban J connectivity index is 2.61. The Hall–Kier alpha value is -1.02. The van der Waals surface area contributed by atoms with Crippen molar-refractivity contribution in [2.24, 2.45) is 0 Å². The molecule has 2 nitrogen and oxygen atoms in total. The van der Waals surface area contributed by atoms with Crippen LogP contribution in [-0.4, -0.2) is 20.1 Å². The van der Waals surface area contributed by atoms with Gasteiger partial charge < -0.3 is 4.90 Å². The van der Waals surface area contributed by atoms with Gasteiger partial charge in [-0.2, -0.15) is 0 Å². The summed E-state index contributed by atoms with van der Waals surface area (Å²) in [4.78, 5) is 2.08. The van der Waals surface area contributed by atoms with Gasteiger partial charge in [0.1, 0.15) is 0 Å². The van der Waals surface area contributed by atoms with E-state index in [0.717, 1.165) is 6.54 Å². The van der Waals surface area contributed by atoms with Crippen molar-refractivity contribution in [1.82, 2.24) is 5.73 Å². The SMILES string of the molecule is CN(CC[NH])c1ccccc1. The molecule has 0 aliphatic rings. The second-order valence-corrected chi connectivity index (χ2v) is 2.51. The molecule has 0 bridgehead atoms. The number of hydrogen-bond acceptors (Lipinski definition) is 1. The Kier molecular flexibility index (Phi) is 2.93. The molecule has 0 fully saturated rings. The first-order valence-electron chi connectivity index (χ1n) is 3.75. The third-order valence-electron chi connectivity index (χ3n) is 1.64. The third kappa shape index (κ3) is 2.24. The maximum atomic E-state index is 7.04. The Morgan fingerprint density at radius 2 is 1.91 bits per heavy atom. The maximum Gasteiger partial charge on any atom is 0.0364 e. The molecule has 0 aliphatic heterocycles. The first-order chi connectivity index (χ1) is 5.34. The Morgan fingerprint density at radius 3 is 2.45 bits per heavy atom. The molecule has 0 amide bonds. The molecular weight excluding hydrogens is 136 g/mol. The van der Waals surface area contributed by atoms with E-state index in [4.69, 9.17) is 5.73 Å². The monoisotopic (exact) mass is 149 g/mol. The fourth-order valence-corrected chi connectivity index (χ4v) is 0.979. The second-order valence-electron chi connectivity index (χ2n) is 2.51. The highest BCUT2D eigenvalue weighted by Gasteiger charge is 1.95. The minimum absolute atomic E-state index is 0.450. The van der Waals surface area contributed by atoms with Crippen LogP contribution < -0.4 is 10.6 Å². The Morgan fingerprint density at radius 1 is 1.27 bits per heavy atom. The molecule has 59 valence electrons. The topological polar surface area (TPSA) is 27.0 Å². The molecule has 0 aliphatic carbocycles. The first-order valence-corrected chi connectivity index (χ1v) is 3.75.